The van der Waals surface area contributed by atoms with Gasteiger partial charge in [-0.3, -0.25) is 4.21 Å². The maximum Gasteiger partial charge on any atom is 0.121 e. The maximum absolute atomic E-state index is 12.8. The topological polar surface area (TPSA) is 29.1 Å². The van der Waals surface area contributed by atoms with Crippen LogP contribution in [-0.4, -0.2) is 21.0 Å². The van der Waals surface area contributed by atoms with E-state index in [1.54, 1.807) is 5.41 Å². The van der Waals surface area contributed by atoms with E-state index < -0.39 is 15.5 Å². The highest BCUT2D eigenvalue weighted by atomic mass is 32.2. The van der Waals surface area contributed by atoms with Gasteiger partial charge in [0.05, 0.1) is 15.8 Å². The summed E-state index contributed by atoms with van der Waals surface area (Å²) in [4.78, 5) is 0.686. The predicted molar refractivity (Wildman–Crippen MR) is 92.8 cm³/mol. The molecular weight excluding hydrogens is 298 g/mol. The zero-order valence-corrected chi connectivity index (χ0v) is 13.7. The molecule has 1 heterocycles. The zero-order chi connectivity index (χ0) is 14.9. The van der Waals surface area contributed by atoms with Crippen LogP contribution < -0.4 is 5.32 Å². The van der Waals surface area contributed by atoms with E-state index in [0.717, 1.165) is 19.3 Å². The van der Waals surface area contributed by atoms with Gasteiger partial charge in [-0.05, 0) is 36.3 Å². The highest BCUT2D eigenvalue weighted by Gasteiger charge is 2.46. The highest BCUT2D eigenvalue weighted by molar-refractivity contribution is 7.92. The molecule has 1 N–H and O–H groups in total. The van der Waals surface area contributed by atoms with Crippen LogP contribution in [0.1, 0.15) is 17.5 Å². The lowest BCUT2D eigenvalue weighted by molar-refractivity contribution is 0.430. The number of hydrogen-bond donors (Lipinski definition) is 1. The van der Waals surface area contributed by atoms with Crippen LogP contribution in [0.15, 0.2) is 47.9 Å². The molecule has 1 aromatic rings. The van der Waals surface area contributed by atoms with Crippen LogP contribution in [-0.2, 0) is 23.6 Å². The summed E-state index contributed by atoms with van der Waals surface area (Å²) in [6.45, 7) is 0. The molecular formula is C17H19NOS2. The Morgan fingerprint density at radius 3 is 2.81 bits per heavy atom. The van der Waals surface area contributed by atoms with Gasteiger partial charge in [-0.25, -0.2) is 0 Å². The Morgan fingerprint density at radius 1 is 1.33 bits per heavy atom. The van der Waals surface area contributed by atoms with Crippen LogP contribution in [0, 0.1) is 5.92 Å². The Labute approximate surface area is 133 Å². The summed E-state index contributed by atoms with van der Waals surface area (Å²) in [5.74, 6) is 0.273. The maximum atomic E-state index is 12.8. The summed E-state index contributed by atoms with van der Waals surface area (Å²) >= 11 is 5.55. The first-order valence-corrected chi connectivity index (χ1v) is 8.86. The monoisotopic (exact) mass is 317 g/mol. The summed E-state index contributed by atoms with van der Waals surface area (Å²) in [5.41, 5.74) is 2.78. The fourth-order valence-corrected chi connectivity index (χ4v) is 5.37. The van der Waals surface area contributed by atoms with Gasteiger partial charge >= 0.3 is 0 Å². The van der Waals surface area contributed by atoms with E-state index >= 15 is 0 Å². The molecule has 1 aliphatic heterocycles. The molecule has 21 heavy (non-hydrogen) atoms. The van der Waals surface area contributed by atoms with Gasteiger partial charge in [-0.1, -0.05) is 54.7 Å². The molecule has 1 aromatic carbocycles. The van der Waals surface area contributed by atoms with Gasteiger partial charge in [0.2, 0.25) is 0 Å². The number of benzene rings is 1. The minimum Gasteiger partial charge on any atom is -0.381 e. The second-order valence-electron chi connectivity index (χ2n) is 5.57. The van der Waals surface area contributed by atoms with E-state index in [4.69, 9.17) is 12.2 Å². The van der Waals surface area contributed by atoms with Crippen molar-refractivity contribution in [3.63, 3.8) is 0 Å². The summed E-state index contributed by atoms with van der Waals surface area (Å²) < 4.78 is 12.2. The molecule has 0 saturated carbocycles. The molecule has 0 saturated heterocycles. The fraction of sp³-hybridized carbons (Fsp3) is 0.353. The third-order valence-electron chi connectivity index (χ3n) is 4.53. The van der Waals surface area contributed by atoms with Crippen molar-refractivity contribution in [1.82, 2.24) is 5.32 Å². The van der Waals surface area contributed by atoms with Gasteiger partial charge in [0, 0.05) is 12.5 Å². The molecule has 0 spiro atoms. The minimum absolute atomic E-state index is 0.273. The number of aryl methyl sites for hydroxylation is 1. The lowest BCUT2D eigenvalue weighted by Crippen LogP contribution is -2.53. The van der Waals surface area contributed by atoms with Crippen LogP contribution in [0.5, 0.6) is 0 Å². The van der Waals surface area contributed by atoms with E-state index in [9.17, 15) is 4.21 Å². The molecule has 0 radical (unpaired) electrons. The molecule has 1 aliphatic carbocycles. The third-order valence-corrected chi connectivity index (χ3v) is 6.94. The smallest absolute Gasteiger partial charge is 0.121 e. The van der Waals surface area contributed by atoms with Crippen LogP contribution >= 0.6 is 12.2 Å². The van der Waals surface area contributed by atoms with E-state index in [2.05, 4.69) is 29.6 Å². The zero-order valence-electron chi connectivity index (χ0n) is 12.0. The second kappa shape index (κ2) is 5.85. The highest BCUT2D eigenvalue weighted by Crippen LogP contribution is 2.39. The quantitative estimate of drug-likeness (QED) is 0.851. The first kappa shape index (κ1) is 14.7. The third kappa shape index (κ3) is 2.40. The first-order valence-electron chi connectivity index (χ1n) is 7.24. The SMILES string of the molecule is CNC(=S)[C@@]1(C2CCc3ccccc3C2)C=CC=C[S@]1=O. The Kier molecular flexibility index (Phi) is 4.09. The van der Waals surface area contributed by atoms with Crippen LogP contribution in [0.25, 0.3) is 0 Å². The summed E-state index contributed by atoms with van der Waals surface area (Å²) in [7, 11) is 0.712. The van der Waals surface area contributed by atoms with Gasteiger partial charge < -0.3 is 5.32 Å². The molecule has 3 atom stereocenters. The summed E-state index contributed by atoms with van der Waals surface area (Å²) in [6, 6.07) is 8.55. The van der Waals surface area contributed by atoms with Gasteiger partial charge in [0.25, 0.3) is 0 Å². The molecule has 0 amide bonds. The molecule has 0 aromatic heterocycles. The van der Waals surface area contributed by atoms with Gasteiger partial charge in [0.1, 0.15) is 4.75 Å². The predicted octanol–water partition coefficient (Wildman–Crippen LogP) is 2.91. The number of allylic oxidation sites excluding steroid dienone is 2. The number of fused-ring (bicyclic) bond motifs is 1. The molecule has 1 unspecified atom stereocenters. The molecule has 3 rings (SSSR count). The number of nitrogens with one attached hydrogen (secondary N) is 1. The van der Waals surface area contributed by atoms with E-state index in [0.29, 0.717) is 4.99 Å². The molecule has 2 nitrogen and oxygen atoms in total. The second-order valence-corrected chi connectivity index (χ2v) is 7.52. The number of rotatable bonds is 2. The normalized spacial score (nSPS) is 30.7. The summed E-state index contributed by atoms with van der Waals surface area (Å²) in [5, 5.41) is 4.85. The van der Waals surface area contributed by atoms with Crippen molar-refractivity contribution in [2.45, 2.75) is 24.0 Å². The standard InChI is InChI=1S/C17H19NOS2/c1-18-16(20)17(10-4-5-11-21(17)19)15-9-8-13-6-2-3-7-14(13)12-15/h2-7,10-11,15H,8-9,12H2,1H3,(H,18,20)/t15?,17-,21+/m0/s1. The van der Waals surface area contributed by atoms with Crippen molar-refractivity contribution in [3.8, 4) is 0 Å². The molecule has 4 heteroatoms. The number of thiocarbonyl (C=S) groups is 1. The van der Waals surface area contributed by atoms with Gasteiger partial charge in [0.15, 0.2) is 0 Å². The molecule has 0 bridgehead atoms. The van der Waals surface area contributed by atoms with Crippen LogP contribution in [0.3, 0.4) is 0 Å². The Morgan fingerprint density at radius 2 is 2.10 bits per heavy atom. The molecule has 2 aliphatic rings. The lowest BCUT2D eigenvalue weighted by atomic mass is 9.76. The van der Waals surface area contributed by atoms with Crippen molar-refractivity contribution >= 4 is 28.0 Å². The van der Waals surface area contributed by atoms with Gasteiger partial charge in [-0.15, -0.1) is 0 Å². The largest absolute Gasteiger partial charge is 0.381 e. The minimum atomic E-state index is -1.11. The van der Waals surface area contributed by atoms with E-state index in [1.165, 1.54) is 11.1 Å². The van der Waals surface area contributed by atoms with E-state index in [-0.39, 0.29) is 5.92 Å². The number of hydrogen-bond acceptors (Lipinski definition) is 2. The van der Waals surface area contributed by atoms with Crippen LogP contribution in [0.2, 0.25) is 0 Å². The average Bonchev–Trinajstić information content (AvgIpc) is 2.54. The Balaban J connectivity index is 2.00. The van der Waals surface area contributed by atoms with Crippen LogP contribution in [0.4, 0.5) is 0 Å². The first-order chi connectivity index (χ1) is 10.2. The van der Waals surface area contributed by atoms with Crippen molar-refractivity contribution < 1.29 is 4.21 Å². The van der Waals surface area contributed by atoms with Crippen molar-refractivity contribution in [3.05, 3.63) is 59.0 Å². The molecule has 110 valence electrons. The van der Waals surface area contributed by atoms with Crippen molar-refractivity contribution in [1.29, 1.82) is 0 Å². The Hall–Kier alpha value is -1.26. The molecule has 0 fully saturated rings. The summed E-state index contributed by atoms with van der Waals surface area (Å²) in [6.07, 6.45) is 8.85. The van der Waals surface area contributed by atoms with E-state index in [1.807, 2.05) is 25.3 Å². The lowest BCUT2D eigenvalue weighted by Gasteiger charge is -2.40. The fourth-order valence-electron chi connectivity index (χ4n) is 3.41. The van der Waals surface area contributed by atoms with Crippen molar-refractivity contribution in [2.75, 3.05) is 7.05 Å². The average molecular weight is 317 g/mol. The van der Waals surface area contributed by atoms with Crippen molar-refractivity contribution in [2.24, 2.45) is 5.92 Å². The van der Waals surface area contributed by atoms with Gasteiger partial charge in [-0.2, -0.15) is 0 Å². The Bertz CT molecular complexity index is 650.